The molecule has 148 valence electrons. The number of hydrogen-bond acceptors (Lipinski definition) is 6. The van der Waals surface area contributed by atoms with E-state index in [1.807, 2.05) is 29.2 Å². The van der Waals surface area contributed by atoms with Crippen molar-refractivity contribution >= 4 is 22.8 Å². The van der Waals surface area contributed by atoms with Crippen LogP contribution in [0.3, 0.4) is 0 Å². The van der Waals surface area contributed by atoms with E-state index in [1.54, 1.807) is 6.07 Å². The molecule has 0 radical (unpaired) electrons. The fraction of sp³-hybridized carbons (Fsp3) is 0.238. The number of aromatic amines is 1. The molecule has 3 N–H and O–H groups in total. The summed E-state index contributed by atoms with van der Waals surface area (Å²) in [5, 5.41) is 0.372. The summed E-state index contributed by atoms with van der Waals surface area (Å²) in [6.45, 7) is 0.767. The Balaban J connectivity index is 1.70. The van der Waals surface area contributed by atoms with Gasteiger partial charge in [0, 0.05) is 6.54 Å². The highest BCUT2D eigenvalue weighted by molar-refractivity contribution is 5.94. The Morgan fingerprint density at radius 3 is 2.72 bits per heavy atom. The highest BCUT2D eigenvalue weighted by Gasteiger charge is 2.30. The molecule has 4 rings (SSSR count). The number of nitrogens with one attached hydrogen (secondary N) is 1. The fourth-order valence-corrected chi connectivity index (χ4v) is 3.72. The molecule has 1 amide bonds. The maximum absolute atomic E-state index is 12.5. The van der Waals surface area contributed by atoms with E-state index in [4.69, 9.17) is 10.5 Å². The summed E-state index contributed by atoms with van der Waals surface area (Å²) >= 11 is 0. The van der Waals surface area contributed by atoms with E-state index in [1.165, 1.54) is 19.2 Å². The van der Waals surface area contributed by atoms with Crippen LogP contribution in [0, 0.1) is 0 Å². The van der Waals surface area contributed by atoms with Crippen molar-refractivity contribution in [1.29, 1.82) is 0 Å². The van der Waals surface area contributed by atoms with Crippen LogP contribution < -0.4 is 11.3 Å². The van der Waals surface area contributed by atoms with Gasteiger partial charge in [-0.15, -0.1) is 0 Å². The van der Waals surface area contributed by atoms with Crippen LogP contribution in [0.5, 0.6) is 0 Å². The molecule has 0 fully saturated rings. The summed E-state index contributed by atoms with van der Waals surface area (Å²) in [7, 11) is 1.29. The van der Waals surface area contributed by atoms with Crippen LogP contribution in [-0.4, -0.2) is 39.9 Å². The molecule has 0 aliphatic carbocycles. The third-order valence-electron chi connectivity index (χ3n) is 5.20. The quantitative estimate of drug-likeness (QED) is 0.643. The Kier molecular flexibility index (Phi) is 4.85. The number of aromatic nitrogens is 2. The van der Waals surface area contributed by atoms with Gasteiger partial charge in [-0.2, -0.15) is 0 Å². The number of methoxy groups -OCH3 is 1. The number of hydrogen-bond donors (Lipinski definition) is 2. The number of nitrogens with zero attached hydrogens (tertiary/aromatic N) is 2. The second-order valence-electron chi connectivity index (χ2n) is 7.03. The van der Waals surface area contributed by atoms with E-state index >= 15 is 0 Å². The number of ether oxygens (including phenoxy) is 1. The van der Waals surface area contributed by atoms with Gasteiger partial charge in [0.05, 0.1) is 36.2 Å². The molecular weight excluding hydrogens is 372 g/mol. The van der Waals surface area contributed by atoms with Crippen molar-refractivity contribution in [3.63, 3.8) is 0 Å². The summed E-state index contributed by atoms with van der Waals surface area (Å²) in [5.41, 5.74) is 8.23. The summed E-state index contributed by atoms with van der Waals surface area (Å²) in [5.74, 6) is -0.525. The van der Waals surface area contributed by atoms with Gasteiger partial charge in [-0.25, -0.2) is 9.78 Å². The predicted molar refractivity (Wildman–Crippen MR) is 106 cm³/mol. The van der Waals surface area contributed by atoms with Gasteiger partial charge < -0.3 is 15.5 Å². The van der Waals surface area contributed by atoms with E-state index < -0.39 is 17.9 Å². The van der Waals surface area contributed by atoms with Gasteiger partial charge in [0.25, 0.3) is 5.56 Å². The van der Waals surface area contributed by atoms with Crippen molar-refractivity contribution in [2.24, 2.45) is 5.73 Å². The van der Waals surface area contributed by atoms with Crippen LogP contribution in [0.25, 0.3) is 10.9 Å². The first-order valence-electron chi connectivity index (χ1n) is 9.17. The molecule has 1 atom stereocenters. The first-order valence-corrected chi connectivity index (χ1v) is 9.17. The zero-order valence-corrected chi connectivity index (χ0v) is 15.8. The highest BCUT2D eigenvalue weighted by Crippen LogP contribution is 2.24. The minimum Gasteiger partial charge on any atom is -0.465 e. The number of carbonyl (C=O) groups is 2. The van der Waals surface area contributed by atoms with Gasteiger partial charge >= 0.3 is 5.97 Å². The average Bonchev–Trinajstić information content (AvgIpc) is 2.72. The van der Waals surface area contributed by atoms with E-state index in [9.17, 15) is 14.4 Å². The maximum atomic E-state index is 12.5. The Morgan fingerprint density at radius 1 is 1.24 bits per heavy atom. The molecule has 1 aliphatic heterocycles. The Morgan fingerprint density at radius 2 is 2.00 bits per heavy atom. The van der Waals surface area contributed by atoms with Crippen molar-refractivity contribution in [2.75, 3.05) is 7.11 Å². The molecule has 3 aromatic rings. The number of primary amides is 1. The Labute approximate surface area is 166 Å². The number of carbonyl (C=O) groups excluding carboxylic acids is 2. The maximum Gasteiger partial charge on any atom is 0.337 e. The standard InChI is InChI=1S/C21H20N4O4/c1-29-21(28)13-6-7-15-16(8-13)23-18(24-20(15)27)11-25-10-14-5-3-2-4-12(14)9-17(25)19(22)26/h2-8,17H,9-11H2,1H3,(H2,22,26)(H,23,24,27)/t17-/m0/s1. The van der Waals surface area contributed by atoms with Crippen LogP contribution in [0.4, 0.5) is 0 Å². The summed E-state index contributed by atoms with van der Waals surface area (Å²) in [6.07, 6.45) is 0.510. The van der Waals surface area contributed by atoms with Gasteiger partial charge in [-0.3, -0.25) is 14.5 Å². The number of esters is 1. The van der Waals surface area contributed by atoms with Crippen LogP contribution in [0.15, 0.2) is 47.3 Å². The molecule has 2 heterocycles. The fourth-order valence-electron chi connectivity index (χ4n) is 3.72. The average molecular weight is 392 g/mol. The van der Waals surface area contributed by atoms with Crippen LogP contribution in [0.1, 0.15) is 27.3 Å². The Hall–Kier alpha value is -3.52. The lowest BCUT2D eigenvalue weighted by Gasteiger charge is -2.34. The van der Waals surface area contributed by atoms with Crippen molar-refractivity contribution in [3.8, 4) is 0 Å². The number of amides is 1. The van der Waals surface area contributed by atoms with Gasteiger partial charge in [0.1, 0.15) is 5.82 Å². The van der Waals surface area contributed by atoms with E-state index in [2.05, 4.69) is 9.97 Å². The van der Waals surface area contributed by atoms with Gasteiger partial charge in [-0.05, 0) is 35.7 Å². The number of benzene rings is 2. The molecule has 0 unspecified atom stereocenters. The lowest BCUT2D eigenvalue weighted by atomic mass is 9.93. The molecule has 1 aliphatic rings. The molecule has 8 heteroatoms. The molecular formula is C21H20N4O4. The normalized spacial score (nSPS) is 16.4. The van der Waals surface area contributed by atoms with Crippen molar-refractivity contribution in [1.82, 2.24) is 14.9 Å². The molecule has 0 spiro atoms. The number of nitrogens with two attached hydrogens (primary N) is 1. The smallest absolute Gasteiger partial charge is 0.337 e. The minimum absolute atomic E-state index is 0.246. The zero-order valence-electron chi connectivity index (χ0n) is 15.8. The third-order valence-corrected chi connectivity index (χ3v) is 5.20. The summed E-state index contributed by atoms with van der Waals surface area (Å²) < 4.78 is 4.73. The molecule has 0 saturated heterocycles. The molecule has 8 nitrogen and oxygen atoms in total. The second-order valence-corrected chi connectivity index (χ2v) is 7.03. The van der Waals surface area contributed by atoms with Crippen molar-refractivity contribution in [2.45, 2.75) is 25.6 Å². The van der Waals surface area contributed by atoms with E-state index in [0.29, 0.717) is 35.3 Å². The monoisotopic (exact) mass is 392 g/mol. The topological polar surface area (TPSA) is 118 Å². The second kappa shape index (κ2) is 7.48. The van der Waals surface area contributed by atoms with E-state index in [-0.39, 0.29) is 12.1 Å². The predicted octanol–water partition coefficient (Wildman–Crippen LogP) is 1.12. The van der Waals surface area contributed by atoms with Crippen molar-refractivity contribution < 1.29 is 14.3 Å². The van der Waals surface area contributed by atoms with Gasteiger partial charge in [0.15, 0.2) is 0 Å². The lowest BCUT2D eigenvalue weighted by Crippen LogP contribution is -2.48. The largest absolute Gasteiger partial charge is 0.465 e. The number of H-pyrrole nitrogens is 1. The first kappa shape index (κ1) is 18.8. The number of fused-ring (bicyclic) bond motifs is 2. The third kappa shape index (κ3) is 3.62. The van der Waals surface area contributed by atoms with Crippen LogP contribution >= 0.6 is 0 Å². The Bertz CT molecular complexity index is 1170. The summed E-state index contributed by atoms with van der Waals surface area (Å²) in [4.78, 5) is 45.5. The zero-order chi connectivity index (χ0) is 20.5. The molecule has 1 aromatic heterocycles. The molecule has 29 heavy (non-hydrogen) atoms. The molecule has 0 bridgehead atoms. The van der Waals surface area contributed by atoms with E-state index in [0.717, 1.165) is 11.1 Å². The van der Waals surface area contributed by atoms with Gasteiger partial charge in [0.2, 0.25) is 5.91 Å². The SMILES string of the molecule is COC(=O)c1ccc2c(=O)[nH]c(CN3Cc4ccccc4C[C@H]3C(N)=O)nc2c1. The van der Waals surface area contributed by atoms with Crippen molar-refractivity contribution in [3.05, 3.63) is 75.3 Å². The van der Waals surface area contributed by atoms with Gasteiger partial charge in [-0.1, -0.05) is 24.3 Å². The number of rotatable bonds is 4. The molecule has 0 saturated carbocycles. The first-order chi connectivity index (χ1) is 14.0. The highest BCUT2D eigenvalue weighted by atomic mass is 16.5. The van der Waals surface area contributed by atoms with Crippen LogP contribution in [0.2, 0.25) is 0 Å². The lowest BCUT2D eigenvalue weighted by molar-refractivity contribution is -0.124. The summed E-state index contributed by atoms with van der Waals surface area (Å²) in [6, 6.07) is 12.0. The van der Waals surface area contributed by atoms with Crippen LogP contribution in [-0.2, 0) is 29.0 Å². The molecule has 2 aromatic carbocycles. The minimum atomic E-state index is -0.503.